The van der Waals surface area contributed by atoms with Crippen LogP contribution < -0.4 is 5.32 Å². The van der Waals surface area contributed by atoms with Crippen LogP contribution in [0.2, 0.25) is 0 Å². The second-order valence-corrected chi connectivity index (χ2v) is 5.91. The highest BCUT2D eigenvalue weighted by Gasteiger charge is 2.15. The molecule has 3 nitrogen and oxygen atoms in total. The van der Waals surface area contributed by atoms with E-state index in [4.69, 9.17) is 0 Å². The van der Waals surface area contributed by atoms with Crippen LogP contribution in [0, 0.1) is 5.92 Å². The number of nitrogens with one attached hydrogen (secondary N) is 1. The number of nitrogens with zero attached hydrogens (tertiary/aromatic N) is 2. The van der Waals surface area contributed by atoms with Crippen molar-refractivity contribution in [2.45, 2.75) is 19.4 Å². The standard InChI is InChI=1S/C17H23N3/c1-20(12-14-6-8-18-9-7-14)13-16-11-19-10-15-4-2-3-5-17(15)16/h2-5,10-11,14,18H,6-9,12-13H2,1H3. The number of aromatic nitrogens is 1. The molecule has 3 heteroatoms. The summed E-state index contributed by atoms with van der Waals surface area (Å²) in [5, 5.41) is 6.00. The summed E-state index contributed by atoms with van der Waals surface area (Å²) in [4.78, 5) is 6.82. The SMILES string of the molecule is CN(Cc1cncc2ccccc12)CC1CCNCC1. The molecule has 0 spiro atoms. The van der Waals surface area contributed by atoms with Gasteiger partial charge in [0.05, 0.1) is 0 Å². The molecule has 0 aliphatic carbocycles. The largest absolute Gasteiger partial charge is 0.317 e. The van der Waals surface area contributed by atoms with Gasteiger partial charge in [0.2, 0.25) is 0 Å². The predicted molar refractivity (Wildman–Crippen MR) is 83.7 cm³/mol. The Balaban J connectivity index is 1.69. The molecule has 2 heterocycles. The number of hydrogen-bond donors (Lipinski definition) is 1. The van der Waals surface area contributed by atoms with E-state index >= 15 is 0 Å². The molecular formula is C17H23N3. The molecule has 0 bridgehead atoms. The third-order valence-corrected chi connectivity index (χ3v) is 4.22. The first kappa shape index (κ1) is 13.5. The minimum absolute atomic E-state index is 0.837. The van der Waals surface area contributed by atoms with Crippen molar-refractivity contribution >= 4 is 10.8 Å². The van der Waals surface area contributed by atoms with Gasteiger partial charge >= 0.3 is 0 Å². The molecular weight excluding hydrogens is 246 g/mol. The first-order valence-electron chi connectivity index (χ1n) is 7.54. The Bertz CT molecular complexity index is 556. The second-order valence-electron chi connectivity index (χ2n) is 5.91. The number of fused-ring (bicyclic) bond motifs is 1. The van der Waals surface area contributed by atoms with Crippen molar-refractivity contribution in [1.29, 1.82) is 0 Å². The van der Waals surface area contributed by atoms with Gasteiger partial charge in [0.1, 0.15) is 0 Å². The zero-order valence-electron chi connectivity index (χ0n) is 12.2. The van der Waals surface area contributed by atoms with Crippen LogP contribution in [-0.4, -0.2) is 36.6 Å². The lowest BCUT2D eigenvalue weighted by Gasteiger charge is -2.27. The second kappa shape index (κ2) is 6.33. The first-order valence-corrected chi connectivity index (χ1v) is 7.54. The monoisotopic (exact) mass is 269 g/mol. The summed E-state index contributed by atoms with van der Waals surface area (Å²) in [5.41, 5.74) is 1.33. The number of pyridine rings is 1. The minimum atomic E-state index is 0.837. The summed E-state index contributed by atoms with van der Waals surface area (Å²) < 4.78 is 0. The average molecular weight is 269 g/mol. The van der Waals surface area contributed by atoms with Crippen LogP contribution in [0.3, 0.4) is 0 Å². The Morgan fingerprint density at radius 2 is 2.00 bits per heavy atom. The molecule has 0 radical (unpaired) electrons. The summed E-state index contributed by atoms with van der Waals surface area (Å²) in [6, 6.07) is 8.52. The lowest BCUT2D eigenvalue weighted by molar-refractivity contribution is 0.235. The molecule has 1 aromatic carbocycles. The van der Waals surface area contributed by atoms with Crippen LogP contribution in [0.25, 0.3) is 10.8 Å². The highest BCUT2D eigenvalue weighted by Crippen LogP contribution is 2.19. The fourth-order valence-corrected chi connectivity index (χ4v) is 3.17. The van der Waals surface area contributed by atoms with E-state index in [1.165, 1.54) is 48.8 Å². The highest BCUT2D eigenvalue weighted by atomic mass is 15.1. The van der Waals surface area contributed by atoms with Crippen LogP contribution in [0.5, 0.6) is 0 Å². The fourth-order valence-electron chi connectivity index (χ4n) is 3.17. The van der Waals surface area contributed by atoms with Crippen LogP contribution in [0.15, 0.2) is 36.7 Å². The van der Waals surface area contributed by atoms with Gasteiger partial charge in [-0.2, -0.15) is 0 Å². The Morgan fingerprint density at radius 1 is 1.20 bits per heavy atom. The number of piperidine rings is 1. The molecule has 3 rings (SSSR count). The normalized spacial score (nSPS) is 16.9. The molecule has 106 valence electrons. The molecule has 1 aliphatic rings. The maximum atomic E-state index is 4.38. The summed E-state index contributed by atoms with van der Waals surface area (Å²) in [6.07, 6.45) is 6.57. The van der Waals surface area contributed by atoms with E-state index in [1.807, 2.05) is 12.4 Å². The maximum absolute atomic E-state index is 4.38. The zero-order valence-corrected chi connectivity index (χ0v) is 12.2. The maximum Gasteiger partial charge on any atom is 0.0346 e. The van der Waals surface area contributed by atoms with Gasteiger partial charge in [-0.25, -0.2) is 0 Å². The smallest absolute Gasteiger partial charge is 0.0346 e. The van der Waals surface area contributed by atoms with Crippen molar-refractivity contribution in [3.8, 4) is 0 Å². The topological polar surface area (TPSA) is 28.2 Å². The number of benzene rings is 1. The van der Waals surface area contributed by atoms with Gasteiger partial charge in [-0.05, 0) is 49.8 Å². The van der Waals surface area contributed by atoms with Crippen LogP contribution in [0.1, 0.15) is 18.4 Å². The van der Waals surface area contributed by atoms with Gasteiger partial charge in [-0.1, -0.05) is 24.3 Å². The van der Waals surface area contributed by atoms with Crippen molar-refractivity contribution in [2.24, 2.45) is 5.92 Å². The Morgan fingerprint density at radius 3 is 2.85 bits per heavy atom. The van der Waals surface area contributed by atoms with E-state index in [1.54, 1.807) is 0 Å². The lowest BCUT2D eigenvalue weighted by atomic mass is 9.97. The van der Waals surface area contributed by atoms with Crippen molar-refractivity contribution in [1.82, 2.24) is 15.2 Å². The number of hydrogen-bond acceptors (Lipinski definition) is 3. The van der Waals surface area contributed by atoms with E-state index in [0.29, 0.717) is 0 Å². The molecule has 1 saturated heterocycles. The van der Waals surface area contributed by atoms with Gasteiger partial charge in [-0.3, -0.25) is 4.98 Å². The molecule has 1 aliphatic heterocycles. The molecule has 1 N–H and O–H groups in total. The molecule has 0 unspecified atom stereocenters. The molecule has 20 heavy (non-hydrogen) atoms. The van der Waals surface area contributed by atoms with Crippen molar-refractivity contribution in [3.05, 3.63) is 42.2 Å². The van der Waals surface area contributed by atoms with E-state index in [0.717, 1.165) is 12.5 Å². The molecule has 0 atom stereocenters. The van der Waals surface area contributed by atoms with Crippen LogP contribution in [-0.2, 0) is 6.54 Å². The van der Waals surface area contributed by atoms with E-state index in [9.17, 15) is 0 Å². The lowest BCUT2D eigenvalue weighted by Crippen LogP contribution is -2.34. The highest BCUT2D eigenvalue weighted by molar-refractivity contribution is 5.84. The third-order valence-electron chi connectivity index (χ3n) is 4.22. The van der Waals surface area contributed by atoms with E-state index < -0.39 is 0 Å². The Labute approximate surface area is 121 Å². The van der Waals surface area contributed by atoms with Gasteiger partial charge in [0, 0.05) is 30.9 Å². The van der Waals surface area contributed by atoms with Crippen LogP contribution in [0.4, 0.5) is 0 Å². The van der Waals surface area contributed by atoms with Crippen LogP contribution >= 0.6 is 0 Å². The summed E-state index contributed by atoms with van der Waals surface area (Å²) in [7, 11) is 2.23. The molecule has 0 amide bonds. The Kier molecular flexibility index (Phi) is 4.28. The third kappa shape index (κ3) is 3.17. The summed E-state index contributed by atoms with van der Waals surface area (Å²) in [5.74, 6) is 0.837. The van der Waals surface area contributed by atoms with Crippen molar-refractivity contribution < 1.29 is 0 Å². The zero-order chi connectivity index (χ0) is 13.8. The molecule has 1 fully saturated rings. The fraction of sp³-hybridized carbons (Fsp3) is 0.471. The minimum Gasteiger partial charge on any atom is -0.317 e. The van der Waals surface area contributed by atoms with Crippen molar-refractivity contribution in [3.63, 3.8) is 0 Å². The average Bonchev–Trinajstić information content (AvgIpc) is 2.48. The molecule has 2 aromatic rings. The van der Waals surface area contributed by atoms with Crippen molar-refractivity contribution in [2.75, 3.05) is 26.7 Å². The van der Waals surface area contributed by atoms with Gasteiger partial charge in [-0.15, -0.1) is 0 Å². The quantitative estimate of drug-likeness (QED) is 0.925. The van der Waals surface area contributed by atoms with E-state index in [2.05, 4.69) is 46.5 Å². The summed E-state index contributed by atoms with van der Waals surface area (Å²) >= 11 is 0. The van der Waals surface area contributed by atoms with E-state index in [-0.39, 0.29) is 0 Å². The van der Waals surface area contributed by atoms with Gasteiger partial charge in [0.25, 0.3) is 0 Å². The number of rotatable bonds is 4. The predicted octanol–water partition coefficient (Wildman–Crippen LogP) is 2.67. The first-order chi connectivity index (χ1) is 9.83. The van der Waals surface area contributed by atoms with Gasteiger partial charge < -0.3 is 10.2 Å². The van der Waals surface area contributed by atoms with Gasteiger partial charge in [0.15, 0.2) is 0 Å². The molecule has 1 aromatic heterocycles. The summed E-state index contributed by atoms with van der Waals surface area (Å²) in [6.45, 7) is 4.52. The Hall–Kier alpha value is -1.45. The molecule has 0 saturated carbocycles.